The molecule has 3 rings (SSSR count). The minimum Gasteiger partial charge on any atom is -0.444 e. The molecule has 0 saturated carbocycles. The van der Waals surface area contributed by atoms with E-state index in [1.807, 2.05) is 0 Å². The zero-order valence-corrected chi connectivity index (χ0v) is 18.0. The molecule has 1 unspecified atom stereocenters. The molecule has 1 atom stereocenters. The molecule has 1 N–H and O–H groups in total. The van der Waals surface area contributed by atoms with Crippen molar-refractivity contribution >= 4 is 6.09 Å². The van der Waals surface area contributed by atoms with E-state index in [1.54, 1.807) is 25.7 Å². The Labute approximate surface area is 178 Å². The first kappa shape index (κ1) is 23.6. The van der Waals surface area contributed by atoms with Crippen molar-refractivity contribution in [3.8, 4) is 0 Å². The van der Waals surface area contributed by atoms with Crippen LogP contribution in [0.1, 0.15) is 57.1 Å². The Hall–Kier alpha value is -2.10. The summed E-state index contributed by atoms with van der Waals surface area (Å²) < 4.78 is 61.5. The Bertz CT molecular complexity index is 856. The lowest BCUT2D eigenvalue weighted by molar-refractivity contribution is -0.0772. The Morgan fingerprint density at radius 3 is 2.42 bits per heavy atom. The van der Waals surface area contributed by atoms with Crippen LogP contribution < -0.4 is 5.56 Å². The third-order valence-corrected chi connectivity index (χ3v) is 5.67. The fourth-order valence-corrected chi connectivity index (χ4v) is 3.89. The summed E-state index contributed by atoms with van der Waals surface area (Å²) >= 11 is 0. The maximum absolute atomic E-state index is 14.7. The minimum absolute atomic E-state index is 0.104. The average molecular weight is 447 g/mol. The van der Waals surface area contributed by atoms with Crippen molar-refractivity contribution in [2.45, 2.75) is 69.9 Å². The number of pyridine rings is 1. The Morgan fingerprint density at radius 2 is 1.81 bits per heavy atom. The lowest BCUT2D eigenvalue weighted by atomic mass is 9.87. The second-order valence-electron chi connectivity index (χ2n) is 9.41. The smallest absolute Gasteiger partial charge is 0.410 e. The summed E-state index contributed by atoms with van der Waals surface area (Å²) in [5.41, 5.74) is -0.740. The maximum atomic E-state index is 14.7. The second-order valence-corrected chi connectivity index (χ2v) is 9.41. The van der Waals surface area contributed by atoms with Crippen LogP contribution in [0.4, 0.5) is 22.4 Å². The third kappa shape index (κ3) is 5.99. The molecule has 0 bridgehead atoms. The van der Waals surface area contributed by atoms with Crippen molar-refractivity contribution in [2.75, 3.05) is 26.2 Å². The fraction of sp³-hybridized carbons (Fsp3) is 0.714. The van der Waals surface area contributed by atoms with E-state index in [2.05, 4.69) is 4.98 Å². The minimum atomic E-state index is -3.07. The van der Waals surface area contributed by atoms with Crippen LogP contribution in [0.25, 0.3) is 0 Å². The molecule has 1 amide bonds. The monoisotopic (exact) mass is 447 g/mol. The highest BCUT2D eigenvalue weighted by Gasteiger charge is 2.47. The van der Waals surface area contributed by atoms with E-state index >= 15 is 0 Å². The van der Waals surface area contributed by atoms with Gasteiger partial charge in [0.1, 0.15) is 5.60 Å². The molecule has 2 saturated heterocycles. The molecule has 10 heteroatoms. The maximum Gasteiger partial charge on any atom is 0.410 e. The number of carbonyl (C=O) groups excluding carboxylic acids is 1. The van der Waals surface area contributed by atoms with Gasteiger partial charge in [-0.05, 0) is 32.4 Å². The number of carbonyl (C=O) groups is 1. The number of aromatic nitrogens is 1. The first-order valence-corrected chi connectivity index (χ1v) is 10.4. The number of piperidine rings is 2. The number of nitrogens with zero attached hydrogens (tertiary/aromatic N) is 2. The lowest BCUT2D eigenvalue weighted by Crippen LogP contribution is -2.49. The first-order chi connectivity index (χ1) is 14.3. The van der Waals surface area contributed by atoms with Crippen LogP contribution in [0.5, 0.6) is 0 Å². The number of H-pyrrole nitrogens is 1. The van der Waals surface area contributed by atoms with Gasteiger partial charge in [0.05, 0.1) is 5.92 Å². The van der Waals surface area contributed by atoms with E-state index in [-0.39, 0.29) is 56.7 Å². The van der Waals surface area contributed by atoms with Crippen LogP contribution in [0.15, 0.2) is 17.1 Å². The van der Waals surface area contributed by atoms with E-state index in [1.165, 1.54) is 17.2 Å². The number of amides is 1. The Balaban J connectivity index is 1.77. The summed E-state index contributed by atoms with van der Waals surface area (Å²) in [5, 5.41) is 0. The van der Waals surface area contributed by atoms with Gasteiger partial charge in [0.2, 0.25) is 0 Å². The summed E-state index contributed by atoms with van der Waals surface area (Å²) in [6.45, 7) is 5.08. The zero-order chi connectivity index (χ0) is 23.0. The molecule has 0 radical (unpaired) electrons. The topological polar surface area (TPSA) is 65.6 Å². The van der Waals surface area contributed by atoms with Gasteiger partial charge in [-0.1, -0.05) is 0 Å². The molecule has 0 spiro atoms. The van der Waals surface area contributed by atoms with E-state index < -0.39 is 41.4 Å². The van der Waals surface area contributed by atoms with Gasteiger partial charge >= 0.3 is 6.09 Å². The summed E-state index contributed by atoms with van der Waals surface area (Å²) in [7, 11) is 0. The molecule has 2 aliphatic heterocycles. The van der Waals surface area contributed by atoms with Crippen LogP contribution in [-0.4, -0.2) is 64.5 Å². The quantitative estimate of drug-likeness (QED) is 0.713. The number of hydrogen-bond acceptors (Lipinski definition) is 4. The molecular weight excluding hydrogens is 418 g/mol. The lowest BCUT2D eigenvalue weighted by Gasteiger charge is -2.39. The van der Waals surface area contributed by atoms with Crippen LogP contribution >= 0.6 is 0 Å². The van der Waals surface area contributed by atoms with E-state index in [0.717, 1.165) is 0 Å². The second kappa shape index (κ2) is 8.44. The van der Waals surface area contributed by atoms with Crippen molar-refractivity contribution < 1.29 is 27.1 Å². The molecule has 2 fully saturated rings. The molecule has 1 aromatic rings. The summed E-state index contributed by atoms with van der Waals surface area (Å²) in [6, 6.07) is 1.41. The standard InChI is InChI=1S/C21H29F4N3O3/c1-19(2,3)31-18(30)28-9-6-21(24,25)16(13-28)14-10-15(17(29)26-11-14)12-27-7-4-20(22,23)5-8-27/h10-11,16H,4-9,12-13H2,1-3H3,(H,26,29). The van der Waals surface area contributed by atoms with Gasteiger partial charge in [0.25, 0.3) is 17.4 Å². The van der Waals surface area contributed by atoms with Crippen LogP contribution in [0, 0.1) is 0 Å². The van der Waals surface area contributed by atoms with E-state index in [9.17, 15) is 27.2 Å². The van der Waals surface area contributed by atoms with E-state index in [0.29, 0.717) is 0 Å². The van der Waals surface area contributed by atoms with Crippen LogP contribution in [-0.2, 0) is 11.3 Å². The highest BCUT2D eigenvalue weighted by atomic mass is 19.3. The number of ether oxygens (including phenoxy) is 1. The Kier molecular flexibility index (Phi) is 6.42. The number of likely N-dealkylation sites (tertiary alicyclic amines) is 2. The van der Waals surface area contributed by atoms with Gasteiger partial charge in [-0.25, -0.2) is 22.4 Å². The van der Waals surface area contributed by atoms with Gasteiger partial charge in [-0.2, -0.15) is 0 Å². The predicted molar refractivity (Wildman–Crippen MR) is 107 cm³/mol. The SMILES string of the molecule is CC(C)(C)OC(=O)N1CCC(F)(F)C(c2c[nH]c(=O)c(CN3CCC(F)(F)CC3)c2)C1. The molecule has 1 aromatic heterocycles. The molecule has 2 aliphatic rings. The zero-order valence-electron chi connectivity index (χ0n) is 18.0. The van der Waals surface area contributed by atoms with Crippen molar-refractivity contribution in [2.24, 2.45) is 0 Å². The highest BCUT2D eigenvalue weighted by Crippen LogP contribution is 2.40. The van der Waals surface area contributed by atoms with E-state index in [4.69, 9.17) is 4.74 Å². The third-order valence-electron chi connectivity index (χ3n) is 5.67. The molecule has 31 heavy (non-hydrogen) atoms. The Morgan fingerprint density at radius 1 is 1.16 bits per heavy atom. The van der Waals surface area contributed by atoms with Gasteiger partial charge in [0.15, 0.2) is 0 Å². The molecular formula is C21H29F4N3O3. The number of hydrogen-bond donors (Lipinski definition) is 1. The van der Waals surface area contributed by atoms with Crippen molar-refractivity contribution in [3.63, 3.8) is 0 Å². The predicted octanol–water partition coefficient (Wildman–Crippen LogP) is 3.97. The van der Waals surface area contributed by atoms with Gasteiger partial charge in [0, 0.05) is 63.7 Å². The van der Waals surface area contributed by atoms with Gasteiger partial charge < -0.3 is 14.6 Å². The van der Waals surface area contributed by atoms with Gasteiger partial charge in [-0.15, -0.1) is 0 Å². The molecule has 0 aromatic carbocycles. The average Bonchev–Trinajstić information content (AvgIpc) is 2.63. The number of rotatable bonds is 3. The number of nitrogens with one attached hydrogen (secondary N) is 1. The number of alkyl halides is 4. The normalized spacial score (nSPS) is 24.1. The fourth-order valence-electron chi connectivity index (χ4n) is 3.89. The summed E-state index contributed by atoms with van der Waals surface area (Å²) in [5.74, 6) is -7.09. The number of aromatic amines is 1. The largest absolute Gasteiger partial charge is 0.444 e. The van der Waals surface area contributed by atoms with Gasteiger partial charge in [-0.3, -0.25) is 9.69 Å². The van der Waals surface area contributed by atoms with Crippen molar-refractivity contribution in [3.05, 3.63) is 33.7 Å². The molecule has 6 nitrogen and oxygen atoms in total. The molecule has 0 aliphatic carbocycles. The van der Waals surface area contributed by atoms with Crippen molar-refractivity contribution in [1.82, 2.24) is 14.8 Å². The number of halogens is 4. The highest BCUT2D eigenvalue weighted by molar-refractivity contribution is 5.68. The summed E-state index contributed by atoms with van der Waals surface area (Å²) in [4.78, 5) is 30.1. The first-order valence-electron chi connectivity index (χ1n) is 10.4. The van der Waals surface area contributed by atoms with Crippen molar-refractivity contribution in [1.29, 1.82) is 0 Å². The van der Waals surface area contributed by atoms with Crippen LogP contribution in [0.2, 0.25) is 0 Å². The molecule has 3 heterocycles. The summed E-state index contributed by atoms with van der Waals surface area (Å²) in [6.07, 6.45) is -0.529. The molecule has 174 valence electrons. The van der Waals surface area contributed by atoms with Crippen LogP contribution in [0.3, 0.4) is 0 Å².